The van der Waals surface area contributed by atoms with Crippen LogP contribution in [0.25, 0.3) is 0 Å². The number of pyridine rings is 1. The van der Waals surface area contributed by atoms with Crippen molar-refractivity contribution in [2.45, 2.75) is 0 Å². The van der Waals surface area contributed by atoms with Gasteiger partial charge in [0.05, 0.1) is 0 Å². The number of nitrogens with zero attached hydrogens (tertiary/aromatic N) is 2. The molecule has 0 unspecified atom stereocenters. The molecular formula is C19H14BrN3O. The highest BCUT2D eigenvalue weighted by atomic mass is 79.9. The molecule has 1 amide bonds. The third-order valence-corrected chi connectivity index (χ3v) is 3.76. The molecule has 24 heavy (non-hydrogen) atoms. The number of aromatic nitrogens is 2. The van der Waals surface area contributed by atoms with E-state index in [-0.39, 0.29) is 5.91 Å². The average Bonchev–Trinajstić information content (AvgIpc) is 2.93. The second-order valence-electron chi connectivity index (χ2n) is 5.15. The molecule has 3 rings (SSSR count). The molecule has 0 atom stereocenters. The Balaban J connectivity index is 1.77. The summed E-state index contributed by atoms with van der Waals surface area (Å²) in [6, 6.07) is 14.8. The summed E-state index contributed by atoms with van der Waals surface area (Å²) in [7, 11) is 1.83. The van der Waals surface area contributed by atoms with E-state index in [1.165, 1.54) is 0 Å². The molecule has 1 N–H and O–H groups in total. The Hall–Kier alpha value is -2.84. The van der Waals surface area contributed by atoms with Crippen LogP contribution in [0.2, 0.25) is 0 Å². The second kappa shape index (κ2) is 7.16. The third-order valence-electron chi connectivity index (χ3n) is 3.32. The van der Waals surface area contributed by atoms with Crippen molar-refractivity contribution in [2.75, 3.05) is 5.32 Å². The molecule has 118 valence electrons. The summed E-state index contributed by atoms with van der Waals surface area (Å²) >= 11 is 3.37. The Bertz CT molecular complexity index is 936. The normalized spacial score (nSPS) is 9.92. The van der Waals surface area contributed by atoms with Gasteiger partial charge >= 0.3 is 0 Å². The van der Waals surface area contributed by atoms with Gasteiger partial charge in [0.1, 0.15) is 11.4 Å². The quantitative estimate of drug-likeness (QED) is 0.687. The van der Waals surface area contributed by atoms with Gasteiger partial charge in [0, 0.05) is 35.2 Å². The molecule has 0 aliphatic rings. The molecule has 0 saturated carbocycles. The molecule has 0 saturated heterocycles. The lowest BCUT2D eigenvalue weighted by Crippen LogP contribution is -2.15. The molecular weight excluding hydrogens is 366 g/mol. The van der Waals surface area contributed by atoms with E-state index in [2.05, 4.69) is 38.1 Å². The Morgan fingerprint density at radius 1 is 1.17 bits per heavy atom. The van der Waals surface area contributed by atoms with Crippen molar-refractivity contribution in [1.29, 1.82) is 0 Å². The van der Waals surface area contributed by atoms with Crippen molar-refractivity contribution in [3.63, 3.8) is 0 Å². The molecule has 0 aliphatic carbocycles. The Morgan fingerprint density at radius 3 is 2.75 bits per heavy atom. The van der Waals surface area contributed by atoms with Crippen LogP contribution in [-0.4, -0.2) is 15.5 Å². The Morgan fingerprint density at radius 2 is 2.04 bits per heavy atom. The summed E-state index contributed by atoms with van der Waals surface area (Å²) in [5.41, 5.74) is 2.80. The zero-order valence-corrected chi connectivity index (χ0v) is 14.5. The SMILES string of the molecule is Cn1cc(Br)cc1C(=O)Nc1cccc(C#Cc2ccccn2)c1. The molecule has 0 aliphatic heterocycles. The van der Waals surface area contributed by atoms with Crippen molar-refractivity contribution in [2.24, 2.45) is 7.05 Å². The Labute approximate surface area is 148 Å². The topological polar surface area (TPSA) is 46.9 Å². The number of nitrogens with one attached hydrogen (secondary N) is 1. The smallest absolute Gasteiger partial charge is 0.272 e. The highest BCUT2D eigenvalue weighted by molar-refractivity contribution is 9.10. The summed E-state index contributed by atoms with van der Waals surface area (Å²) in [5.74, 6) is 5.89. The van der Waals surface area contributed by atoms with Gasteiger partial charge in [0.15, 0.2) is 0 Å². The number of rotatable bonds is 2. The zero-order valence-electron chi connectivity index (χ0n) is 13.0. The number of amides is 1. The van der Waals surface area contributed by atoms with Gasteiger partial charge in [0.25, 0.3) is 5.91 Å². The van der Waals surface area contributed by atoms with Crippen LogP contribution in [0.15, 0.2) is 65.4 Å². The maximum absolute atomic E-state index is 12.3. The highest BCUT2D eigenvalue weighted by Gasteiger charge is 2.11. The lowest BCUT2D eigenvalue weighted by atomic mass is 10.2. The first-order valence-corrected chi connectivity index (χ1v) is 8.07. The maximum Gasteiger partial charge on any atom is 0.272 e. The minimum absolute atomic E-state index is 0.168. The Kier molecular flexibility index (Phi) is 4.78. The number of benzene rings is 1. The van der Waals surface area contributed by atoms with Crippen molar-refractivity contribution in [3.8, 4) is 11.8 Å². The maximum atomic E-state index is 12.3. The number of hydrogen-bond acceptors (Lipinski definition) is 2. The highest BCUT2D eigenvalue weighted by Crippen LogP contribution is 2.16. The van der Waals surface area contributed by atoms with E-state index in [1.54, 1.807) is 16.8 Å². The van der Waals surface area contributed by atoms with Crippen molar-refractivity contribution < 1.29 is 4.79 Å². The van der Waals surface area contributed by atoms with Crippen molar-refractivity contribution in [3.05, 3.63) is 82.3 Å². The minimum Gasteiger partial charge on any atom is -0.345 e. The first-order chi connectivity index (χ1) is 11.6. The lowest BCUT2D eigenvalue weighted by Gasteiger charge is -2.06. The number of aryl methyl sites for hydroxylation is 1. The van der Waals surface area contributed by atoms with Gasteiger partial charge in [0.2, 0.25) is 0 Å². The van der Waals surface area contributed by atoms with Crippen LogP contribution in [0.1, 0.15) is 21.7 Å². The summed E-state index contributed by atoms with van der Waals surface area (Å²) in [4.78, 5) is 16.5. The first kappa shape index (κ1) is 16.0. The number of anilines is 1. The van der Waals surface area contributed by atoms with Crippen LogP contribution < -0.4 is 5.32 Å². The second-order valence-corrected chi connectivity index (χ2v) is 6.07. The van der Waals surface area contributed by atoms with Gasteiger partial charge < -0.3 is 9.88 Å². The van der Waals surface area contributed by atoms with Gasteiger partial charge in [-0.2, -0.15) is 0 Å². The average molecular weight is 380 g/mol. The fraction of sp³-hybridized carbons (Fsp3) is 0.0526. The molecule has 1 aromatic carbocycles. The molecule has 5 heteroatoms. The monoisotopic (exact) mass is 379 g/mol. The zero-order chi connectivity index (χ0) is 16.9. The minimum atomic E-state index is -0.168. The van der Waals surface area contributed by atoms with Crippen LogP contribution in [0.4, 0.5) is 5.69 Å². The fourth-order valence-corrected chi connectivity index (χ4v) is 2.72. The molecule has 0 fully saturated rings. The lowest BCUT2D eigenvalue weighted by molar-refractivity contribution is 0.101. The van der Waals surface area contributed by atoms with Crippen LogP contribution >= 0.6 is 15.9 Å². The fourth-order valence-electron chi connectivity index (χ4n) is 2.19. The molecule has 2 aromatic heterocycles. The van der Waals surface area contributed by atoms with E-state index in [1.807, 2.05) is 55.7 Å². The van der Waals surface area contributed by atoms with Gasteiger partial charge in [-0.05, 0) is 58.2 Å². The molecule has 0 spiro atoms. The van der Waals surface area contributed by atoms with Crippen molar-refractivity contribution in [1.82, 2.24) is 9.55 Å². The van der Waals surface area contributed by atoms with Crippen molar-refractivity contribution >= 4 is 27.5 Å². The van der Waals surface area contributed by atoms with Gasteiger partial charge in [-0.1, -0.05) is 18.1 Å². The summed E-state index contributed by atoms with van der Waals surface area (Å²) in [6.07, 6.45) is 3.54. The number of halogens is 1. The van der Waals surface area contributed by atoms with E-state index in [0.717, 1.165) is 10.0 Å². The molecule has 3 aromatic rings. The van der Waals surface area contributed by atoms with Gasteiger partial charge in [-0.25, -0.2) is 4.98 Å². The number of carbonyl (C=O) groups excluding carboxylic acids is 1. The third kappa shape index (κ3) is 3.92. The van der Waals surface area contributed by atoms with Crippen LogP contribution in [0, 0.1) is 11.8 Å². The molecule has 2 heterocycles. The van der Waals surface area contributed by atoms with Crippen LogP contribution in [0.5, 0.6) is 0 Å². The summed E-state index contributed by atoms with van der Waals surface area (Å²) < 4.78 is 2.63. The molecule has 0 bridgehead atoms. The summed E-state index contributed by atoms with van der Waals surface area (Å²) in [6.45, 7) is 0. The molecule has 0 radical (unpaired) electrons. The van der Waals surface area contributed by atoms with E-state index in [9.17, 15) is 4.79 Å². The predicted octanol–water partition coefficient (Wildman–Crippen LogP) is 3.83. The van der Waals surface area contributed by atoms with Crippen LogP contribution in [-0.2, 0) is 7.05 Å². The number of carbonyl (C=O) groups is 1. The van der Waals surface area contributed by atoms with Gasteiger partial charge in [-0.15, -0.1) is 0 Å². The van der Waals surface area contributed by atoms with E-state index >= 15 is 0 Å². The first-order valence-electron chi connectivity index (χ1n) is 7.28. The predicted molar refractivity (Wildman–Crippen MR) is 97.7 cm³/mol. The van der Waals surface area contributed by atoms with Gasteiger partial charge in [-0.3, -0.25) is 4.79 Å². The van der Waals surface area contributed by atoms with E-state index < -0.39 is 0 Å². The van der Waals surface area contributed by atoms with E-state index in [0.29, 0.717) is 17.1 Å². The van der Waals surface area contributed by atoms with E-state index in [4.69, 9.17) is 0 Å². The summed E-state index contributed by atoms with van der Waals surface area (Å²) in [5, 5.41) is 2.89. The standard InChI is InChI=1S/C19H14BrN3O/c1-23-13-15(20)12-18(23)19(24)22-17-7-4-5-14(11-17)8-9-16-6-2-3-10-21-16/h2-7,10-13H,1H3,(H,22,24). The molecule has 4 nitrogen and oxygen atoms in total. The van der Waals surface area contributed by atoms with Crippen LogP contribution in [0.3, 0.4) is 0 Å². The number of hydrogen-bond donors (Lipinski definition) is 1. The largest absolute Gasteiger partial charge is 0.345 e.